The van der Waals surface area contributed by atoms with E-state index in [-0.39, 0.29) is 5.91 Å². The molecule has 5 nitrogen and oxygen atoms in total. The molecule has 0 atom stereocenters. The third kappa shape index (κ3) is 7.68. The molecule has 0 saturated heterocycles. The SMILES string of the molecule is CC(C)c1ccc(OCCCn2c(CCCCCNC(=O)c3ccc(Br)cc3)nc3ccccc32)cc1. The van der Waals surface area contributed by atoms with Crippen LogP contribution in [0.2, 0.25) is 0 Å². The molecule has 0 unspecified atom stereocenters. The predicted molar refractivity (Wildman–Crippen MR) is 154 cm³/mol. The smallest absolute Gasteiger partial charge is 0.251 e. The van der Waals surface area contributed by atoms with Crippen LogP contribution in [0.5, 0.6) is 5.75 Å². The summed E-state index contributed by atoms with van der Waals surface area (Å²) in [6, 6.07) is 24.2. The number of amides is 1. The molecule has 0 bridgehead atoms. The number of unbranched alkanes of at least 4 members (excludes halogenated alkanes) is 2. The van der Waals surface area contributed by atoms with Gasteiger partial charge in [0.05, 0.1) is 17.6 Å². The number of benzene rings is 3. The van der Waals surface area contributed by atoms with Crippen molar-refractivity contribution in [3.63, 3.8) is 0 Å². The summed E-state index contributed by atoms with van der Waals surface area (Å²) in [7, 11) is 0. The van der Waals surface area contributed by atoms with E-state index in [1.807, 2.05) is 30.3 Å². The number of carbonyl (C=O) groups excluding carboxylic acids is 1. The Labute approximate surface area is 228 Å². The molecular weight excluding hydrogens is 526 g/mol. The van der Waals surface area contributed by atoms with Gasteiger partial charge in [-0.05, 0) is 79.3 Å². The normalized spacial score (nSPS) is 11.2. The van der Waals surface area contributed by atoms with E-state index in [4.69, 9.17) is 9.72 Å². The maximum absolute atomic E-state index is 12.3. The summed E-state index contributed by atoms with van der Waals surface area (Å²) in [6.07, 6.45) is 4.87. The van der Waals surface area contributed by atoms with Crippen molar-refractivity contribution in [1.29, 1.82) is 0 Å². The van der Waals surface area contributed by atoms with Gasteiger partial charge in [-0.25, -0.2) is 4.98 Å². The standard InChI is InChI=1S/C31H36BrN3O2/c1-23(2)24-14-18-27(19-15-24)37-22-8-21-35-29-10-6-5-9-28(29)34-30(35)11-4-3-7-20-33-31(36)25-12-16-26(32)17-13-25/h5-6,9-10,12-19,23H,3-4,7-8,11,20-22H2,1-2H3,(H,33,36). The average molecular weight is 563 g/mol. The lowest BCUT2D eigenvalue weighted by Crippen LogP contribution is -2.24. The number of nitrogens with one attached hydrogen (secondary N) is 1. The second-order valence-corrected chi connectivity index (χ2v) is 10.6. The van der Waals surface area contributed by atoms with Crippen LogP contribution in [0.25, 0.3) is 11.0 Å². The molecule has 1 heterocycles. The number of hydrogen-bond acceptors (Lipinski definition) is 3. The molecule has 194 valence electrons. The van der Waals surface area contributed by atoms with Gasteiger partial charge >= 0.3 is 0 Å². The highest BCUT2D eigenvalue weighted by Crippen LogP contribution is 2.20. The minimum absolute atomic E-state index is 0.0209. The summed E-state index contributed by atoms with van der Waals surface area (Å²) in [5, 5.41) is 3.02. The largest absolute Gasteiger partial charge is 0.494 e. The van der Waals surface area contributed by atoms with Gasteiger partial charge in [0.2, 0.25) is 0 Å². The fourth-order valence-electron chi connectivity index (χ4n) is 4.42. The molecule has 1 N–H and O–H groups in total. The van der Waals surface area contributed by atoms with Gasteiger partial charge in [-0.3, -0.25) is 4.79 Å². The first-order valence-electron chi connectivity index (χ1n) is 13.2. The Morgan fingerprint density at radius 3 is 2.46 bits per heavy atom. The Kier molecular flexibility index (Phi) is 9.78. The lowest BCUT2D eigenvalue weighted by atomic mass is 10.0. The van der Waals surface area contributed by atoms with Crippen LogP contribution in [0.4, 0.5) is 0 Å². The highest BCUT2D eigenvalue weighted by molar-refractivity contribution is 9.10. The number of fused-ring (bicyclic) bond motifs is 1. The molecule has 37 heavy (non-hydrogen) atoms. The molecule has 4 rings (SSSR count). The molecule has 0 aliphatic heterocycles. The van der Waals surface area contributed by atoms with Crippen LogP contribution in [-0.2, 0) is 13.0 Å². The molecule has 1 aromatic heterocycles. The first kappa shape index (κ1) is 26.9. The number of para-hydroxylation sites is 2. The molecule has 0 fully saturated rings. The van der Waals surface area contributed by atoms with Crippen molar-refractivity contribution in [1.82, 2.24) is 14.9 Å². The molecule has 3 aromatic carbocycles. The minimum Gasteiger partial charge on any atom is -0.494 e. The van der Waals surface area contributed by atoms with Gasteiger partial charge in [-0.1, -0.05) is 60.5 Å². The molecule has 0 spiro atoms. The van der Waals surface area contributed by atoms with Crippen LogP contribution < -0.4 is 10.1 Å². The van der Waals surface area contributed by atoms with Gasteiger partial charge in [-0.2, -0.15) is 0 Å². The molecule has 6 heteroatoms. The number of imidazole rings is 1. The van der Waals surface area contributed by atoms with Crippen LogP contribution in [0.1, 0.15) is 67.2 Å². The first-order chi connectivity index (χ1) is 18.0. The molecule has 4 aromatic rings. The summed E-state index contributed by atoms with van der Waals surface area (Å²) < 4.78 is 9.32. The average Bonchev–Trinajstić information content (AvgIpc) is 3.26. The van der Waals surface area contributed by atoms with Gasteiger partial charge in [0.1, 0.15) is 11.6 Å². The topological polar surface area (TPSA) is 56.1 Å². The van der Waals surface area contributed by atoms with Crippen LogP contribution in [0, 0.1) is 0 Å². The number of halogens is 1. The van der Waals surface area contributed by atoms with Gasteiger partial charge < -0.3 is 14.6 Å². The number of aromatic nitrogens is 2. The number of aryl methyl sites for hydroxylation is 2. The lowest BCUT2D eigenvalue weighted by Gasteiger charge is -2.11. The van der Waals surface area contributed by atoms with Crippen molar-refractivity contribution in [2.75, 3.05) is 13.2 Å². The lowest BCUT2D eigenvalue weighted by molar-refractivity contribution is 0.0953. The molecule has 1 amide bonds. The fourth-order valence-corrected chi connectivity index (χ4v) is 4.68. The summed E-state index contributed by atoms with van der Waals surface area (Å²) in [6.45, 7) is 6.63. The number of nitrogens with zero attached hydrogens (tertiary/aromatic N) is 2. The Morgan fingerprint density at radius 1 is 0.946 bits per heavy atom. The quantitative estimate of drug-likeness (QED) is 0.171. The van der Waals surface area contributed by atoms with Gasteiger partial charge in [0, 0.05) is 29.5 Å². The van der Waals surface area contributed by atoms with Crippen LogP contribution in [0.3, 0.4) is 0 Å². The van der Waals surface area contributed by atoms with Crippen LogP contribution in [-0.4, -0.2) is 28.6 Å². The van der Waals surface area contributed by atoms with E-state index in [9.17, 15) is 4.79 Å². The van der Waals surface area contributed by atoms with E-state index in [1.165, 1.54) is 11.1 Å². The maximum Gasteiger partial charge on any atom is 0.251 e. The van der Waals surface area contributed by atoms with Crippen LogP contribution in [0.15, 0.2) is 77.3 Å². The predicted octanol–water partition coefficient (Wildman–Crippen LogP) is 7.53. The zero-order valence-corrected chi connectivity index (χ0v) is 23.3. The summed E-state index contributed by atoms with van der Waals surface area (Å²) in [5.41, 5.74) is 4.24. The number of rotatable bonds is 13. The summed E-state index contributed by atoms with van der Waals surface area (Å²) >= 11 is 3.40. The Morgan fingerprint density at radius 2 is 1.70 bits per heavy atom. The van der Waals surface area contributed by atoms with Crippen molar-refractivity contribution >= 4 is 32.9 Å². The highest BCUT2D eigenvalue weighted by atomic mass is 79.9. The maximum atomic E-state index is 12.3. The first-order valence-corrected chi connectivity index (χ1v) is 14.0. The number of hydrogen-bond donors (Lipinski definition) is 1. The zero-order valence-electron chi connectivity index (χ0n) is 21.8. The van der Waals surface area contributed by atoms with Crippen molar-refractivity contribution in [3.05, 3.63) is 94.2 Å². The molecule has 0 aliphatic carbocycles. The highest BCUT2D eigenvalue weighted by Gasteiger charge is 2.11. The molecule has 0 radical (unpaired) electrons. The monoisotopic (exact) mass is 561 g/mol. The summed E-state index contributed by atoms with van der Waals surface area (Å²) in [4.78, 5) is 17.2. The Bertz CT molecular complexity index is 1280. The van der Waals surface area contributed by atoms with Crippen molar-refractivity contribution in [2.45, 2.75) is 58.4 Å². The van der Waals surface area contributed by atoms with E-state index in [2.05, 4.69) is 82.1 Å². The molecule has 0 saturated carbocycles. The van der Waals surface area contributed by atoms with Crippen LogP contribution >= 0.6 is 15.9 Å². The Hall–Kier alpha value is -3.12. The van der Waals surface area contributed by atoms with E-state index in [0.29, 0.717) is 24.6 Å². The van der Waals surface area contributed by atoms with E-state index in [0.717, 1.165) is 60.2 Å². The van der Waals surface area contributed by atoms with Crippen molar-refractivity contribution < 1.29 is 9.53 Å². The second-order valence-electron chi connectivity index (χ2n) is 9.67. The third-order valence-electron chi connectivity index (χ3n) is 6.54. The third-order valence-corrected chi connectivity index (χ3v) is 7.07. The van der Waals surface area contributed by atoms with E-state index < -0.39 is 0 Å². The van der Waals surface area contributed by atoms with E-state index in [1.54, 1.807) is 0 Å². The number of carbonyl (C=O) groups is 1. The number of ether oxygens (including phenoxy) is 1. The summed E-state index contributed by atoms with van der Waals surface area (Å²) in [5.74, 6) is 2.55. The van der Waals surface area contributed by atoms with Gasteiger partial charge in [-0.15, -0.1) is 0 Å². The Balaban J connectivity index is 1.23. The molecular formula is C31H36BrN3O2. The van der Waals surface area contributed by atoms with Gasteiger partial charge in [0.25, 0.3) is 5.91 Å². The van der Waals surface area contributed by atoms with E-state index >= 15 is 0 Å². The minimum atomic E-state index is -0.0209. The molecule has 0 aliphatic rings. The second kappa shape index (κ2) is 13.4. The van der Waals surface area contributed by atoms with Gasteiger partial charge in [0.15, 0.2) is 0 Å². The fraction of sp³-hybridized carbons (Fsp3) is 0.355. The van der Waals surface area contributed by atoms with Crippen molar-refractivity contribution in [2.24, 2.45) is 0 Å². The van der Waals surface area contributed by atoms with Crippen molar-refractivity contribution in [3.8, 4) is 5.75 Å². The zero-order chi connectivity index (χ0) is 26.0.